The van der Waals surface area contributed by atoms with E-state index in [1.807, 2.05) is 0 Å². The molecule has 10 atom stereocenters. The molecule has 218 valence electrons. The Labute approximate surface area is 257 Å². The highest BCUT2D eigenvalue weighted by Crippen LogP contribution is 2.51. The second-order valence-corrected chi connectivity index (χ2v) is 13.5. The summed E-state index contributed by atoms with van der Waals surface area (Å²) in [6, 6.07) is 5.52. The number of nitrogens with zero attached hydrogens (tertiary/aromatic N) is 3. The zero-order valence-corrected chi connectivity index (χ0v) is 25.1. The molecule has 6 aliphatic carbocycles. The minimum Gasteiger partial charge on any atom is -0.382 e. The van der Waals surface area contributed by atoms with Crippen molar-refractivity contribution >= 4 is 0 Å². The molecule has 0 radical (unpaired) electrons. The number of fused-ring (bicyclic) bond motifs is 3. The Balaban J connectivity index is 1.08. The fourth-order valence-corrected chi connectivity index (χ4v) is 8.77. The Morgan fingerprint density at radius 3 is 2.56 bits per heavy atom. The van der Waals surface area contributed by atoms with Crippen LogP contribution in [0.3, 0.4) is 0 Å². The van der Waals surface area contributed by atoms with Gasteiger partial charge in [0.2, 0.25) is 0 Å². The van der Waals surface area contributed by atoms with Crippen molar-refractivity contribution in [3.63, 3.8) is 0 Å². The van der Waals surface area contributed by atoms with E-state index in [2.05, 4.69) is 126 Å². The maximum absolute atomic E-state index is 9.67. The molecule has 0 aromatic carbocycles. The summed E-state index contributed by atoms with van der Waals surface area (Å²) in [5.41, 5.74) is 5.51. The van der Waals surface area contributed by atoms with Gasteiger partial charge in [-0.3, -0.25) is 0 Å². The second kappa shape index (κ2) is 11.9. The third-order valence-corrected chi connectivity index (χ3v) is 10.9. The lowest BCUT2D eigenvalue weighted by Gasteiger charge is -2.42. The summed E-state index contributed by atoms with van der Waals surface area (Å²) < 4.78 is 0. The Morgan fingerprint density at radius 2 is 1.72 bits per heavy atom. The number of hydrogen-bond donors (Lipinski definition) is 1. The van der Waals surface area contributed by atoms with Crippen molar-refractivity contribution in [3.8, 4) is 12.1 Å². The van der Waals surface area contributed by atoms with Gasteiger partial charge in [0.25, 0.3) is 0 Å². The van der Waals surface area contributed by atoms with Crippen LogP contribution in [0.5, 0.6) is 0 Å². The van der Waals surface area contributed by atoms with Crippen LogP contribution in [0.25, 0.3) is 0 Å². The summed E-state index contributed by atoms with van der Waals surface area (Å²) in [5, 5.41) is 22.9. The standard InChI is InChI=1S/C39H42N4/c1-26-7-4-13-36(42-32-10-5-8-30(22-32)29-18-15-27(24-40)16-19-29)39(26)31-9-6-11-33(23-31)43-37-14-3-2-12-34(37)35-21-28(25-41)17-20-38(35)43/h2-6,8-11,13-15,17-20,26-28,30-31,34-36,38-39,42H,7,12,16,21-23H2,1H3. The van der Waals surface area contributed by atoms with Crippen LogP contribution < -0.4 is 5.32 Å². The fourth-order valence-electron chi connectivity index (χ4n) is 8.77. The molecule has 10 unspecified atom stereocenters. The van der Waals surface area contributed by atoms with Crippen molar-refractivity contribution in [2.24, 2.45) is 47.3 Å². The minimum atomic E-state index is 0.00775. The zero-order chi connectivity index (χ0) is 29.3. The monoisotopic (exact) mass is 566 g/mol. The number of hydrogen-bond acceptors (Lipinski definition) is 4. The third-order valence-electron chi connectivity index (χ3n) is 10.9. The molecule has 0 aromatic heterocycles. The van der Waals surface area contributed by atoms with Crippen LogP contribution in [0, 0.1) is 70.0 Å². The lowest BCUT2D eigenvalue weighted by molar-refractivity contribution is 0.210. The molecule has 4 heteroatoms. The zero-order valence-electron chi connectivity index (χ0n) is 25.1. The quantitative estimate of drug-likeness (QED) is 0.343. The van der Waals surface area contributed by atoms with Crippen molar-refractivity contribution in [2.75, 3.05) is 0 Å². The topological polar surface area (TPSA) is 62.9 Å². The lowest BCUT2D eigenvalue weighted by atomic mass is 9.70. The summed E-state index contributed by atoms with van der Waals surface area (Å²) in [5.74, 6) is 2.94. The maximum atomic E-state index is 9.67. The minimum absolute atomic E-state index is 0.00775. The molecule has 1 fully saturated rings. The molecule has 1 N–H and O–H groups in total. The van der Waals surface area contributed by atoms with E-state index in [0.29, 0.717) is 41.5 Å². The molecule has 0 spiro atoms. The molecule has 0 amide bonds. The highest BCUT2D eigenvalue weighted by molar-refractivity contribution is 5.38. The normalized spacial score (nSPS) is 39.1. The predicted molar refractivity (Wildman–Crippen MR) is 172 cm³/mol. The highest BCUT2D eigenvalue weighted by Gasteiger charge is 2.47. The van der Waals surface area contributed by atoms with Gasteiger partial charge in [0.1, 0.15) is 0 Å². The van der Waals surface area contributed by atoms with Crippen LogP contribution in [0.2, 0.25) is 0 Å². The van der Waals surface area contributed by atoms with Crippen LogP contribution in [0.4, 0.5) is 0 Å². The van der Waals surface area contributed by atoms with Gasteiger partial charge in [-0.1, -0.05) is 85.9 Å². The number of likely N-dealkylation sites (tertiary alicyclic amines) is 1. The summed E-state index contributed by atoms with van der Waals surface area (Å²) in [4.78, 5) is 2.65. The molecule has 43 heavy (non-hydrogen) atoms. The smallest absolute Gasteiger partial charge is 0.0700 e. The Hall–Kier alpha value is -4.02. The number of rotatable bonds is 5. The summed E-state index contributed by atoms with van der Waals surface area (Å²) in [7, 11) is 0. The summed E-state index contributed by atoms with van der Waals surface area (Å²) in [6.45, 7) is 2.43. The van der Waals surface area contributed by atoms with E-state index >= 15 is 0 Å². The molecule has 0 saturated carbocycles. The van der Waals surface area contributed by atoms with Crippen LogP contribution in [0.15, 0.2) is 120 Å². The number of allylic oxidation sites excluding steroid dienone is 18. The van der Waals surface area contributed by atoms with Crippen LogP contribution in [-0.2, 0) is 0 Å². The molecule has 1 aliphatic heterocycles. The van der Waals surface area contributed by atoms with Gasteiger partial charge in [-0.25, -0.2) is 0 Å². The molecular formula is C39H42N4. The van der Waals surface area contributed by atoms with Crippen molar-refractivity contribution in [1.82, 2.24) is 10.2 Å². The maximum Gasteiger partial charge on any atom is 0.0700 e. The highest BCUT2D eigenvalue weighted by atomic mass is 15.2. The summed E-state index contributed by atoms with van der Waals surface area (Å²) in [6.07, 6.45) is 42.5. The average Bonchev–Trinajstić information content (AvgIpc) is 3.39. The van der Waals surface area contributed by atoms with Crippen LogP contribution >= 0.6 is 0 Å². The van der Waals surface area contributed by atoms with Gasteiger partial charge in [-0.2, -0.15) is 10.5 Å². The lowest BCUT2D eigenvalue weighted by Crippen LogP contribution is -2.44. The number of nitrogens with one attached hydrogen (secondary N) is 1. The Morgan fingerprint density at radius 1 is 0.837 bits per heavy atom. The molecule has 1 saturated heterocycles. The molecule has 7 aliphatic rings. The van der Waals surface area contributed by atoms with Crippen molar-refractivity contribution < 1.29 is 0 Å². The number of nitriles is 2. The van der Waals surface area contributed by atoms with Crippen molar-refractivity contribution in [2.45, 2.75) is 57.5 Å². The van der Waals surface area contributed by atoms with E-state index in [9.17, 15) is 10.5 Å². The first kappa shape index (κ1) is 27.8. The van der Waals surface area contributed by atoms with Gasteiger partial charge in [-0.05, 0) is 86.0 Å². The first-order chi connectivity index (χ1) is 21.1. The van der Waals surface area contributed by atoms with E-state index < -0.39 is 0 Å². The average molecular weight is 567 g/mol. The Kier molecular flexibility index (Phi) is 7.71. The Bertz CT molecular complexity index is 1510. The van der Waals surface area contributed by atoms with Gasteiger partial charge in [0.15, 0.2) is 0 Å². The molecule has 0 aromatic rings. The van der Waals surface area contributed by atoms with Gasteiger partial charge in [0, 0.05) is 35.0 Å². The first-order valence-electron chi connectivity index (χ1n) is 16.3. The molecular weight excluding hydrogens is 524 g/mol. The SMILES string of the molecule is CC1CC=CC(NC2=CC=CC(C3=CCC(C#N)C=C3)C2)C1C1C=CC=C(N2C3=CC=CCC3C3CC(C#N)C=CC32)C1. The van der Waals surface area contributed by atoms with Gasteiger partial charge in [-0.15, -0.1) is 0 Å². The van der Waals surface area contributed by atoms with E-state index in [-0.39, 0.29) is 17.9 Å². The van der Waals surface area contributed by atoms with Crippen molar-refractivity contribution in [3.05, 3.63) is 120 Å². The van der Waals surface area contributed by atoms with Gasteiger partial charge in [0.05, 0.1) is 30.0 Å². The molecule has 7 rings (SSSR count). The van der Waals surface area contributed by atoms with Crippen LogP contribution in [-0.4, -0.2) is 17.0 Å². The van der Waals surface area contributed by atoms with E-state index in [1.165, 1.54) is 22.7 Å². The molecule has 0 bridgehead atoms. The fraction of sp³-hybridized carbons (Fsp3) is 0.436. The third kappa shape index (κ3) is 5.34. The molecule has 1 heterocycles. The van der Waals surface area contributed by atoms with E-state index in [0.717, 1.165) is 38.5 Å². The first-order valence-corrected chi connectivity index (χ1v) is 16.3. The van der Waals surface area contributed by atoms with Gasteiger partial charge < -0.3 is 10.2 Å². The largest absolute Gasteiger partial charge is 0.382 e. The van der Waals surface area contributed by atoms with Crippen LogP contribution in [0.1, 0.15) is 45.4 Å². The van der Waals surface area contributed by atoms with E-state index in [4.69, 9.17) is 0 Å². The molecule has 4 nitrogen and oxygen atoms in total. The van der Waals surface area contributed by atoms with Gasteiger partial charge >= 0.3 is 0 Å². The summed E-state index contributed by atoms with van der Waals surface area (Å²) >= 11 is 0. The van der Waals surface area contributed by atoms with Crippen molar-refractivity contribution in [1.29, 1.82) is 10.5 Å². The second-order valence-electron chi connectivity index (χ2n) is 13.5. The predicted octanol–water partition coefficient (Wildman–Crippen LogP) is 7.96. The van der Waals surface area contributed by atoms with E-state index in [1.54, 1.807) is 0 Å².